The predicted molar refractivity (Wildman–Crippen MR) is 119 cm³/mol. The lowest BCUT2D eigenvalue weighted by Gasteiger charge is -2.26. The van der Waals surface area contributed by atoms with E-state index in [4.69, 9.17) is 4.74 Å². The van der Waals surface area contributed by atoms with Gasteiger partial charge in [-0.15, -0.1) is 0 Å². The molecule has 34 heavy (non-hydrogen) atoms. The number of carbonyl (C=O) groups is 3. The van der Waals surface area contributed by atoms with Gasteiger partial charge in [0.25, 0.3) is 17.5 Å². The highest BCUT2D eigenvalue weighted by atomic mass is 19.1. The molecule has 1 saturated heterocycles. The molecular weight excluding hydrogens is 445 g/mol. The topological polar surface area (TPSA) is 119 Å². The fourth-order valence-electron chi connectivity index (χ4n) is 3.31. The van der Waals surface area contributed by atoms with Crippen molar-refractivity contribution < 1.29 is 28.4 Å². The van der Waals surface area contributed by atoms with E-state index in [-0.39, 0.29) is 23.6 Å². The highest BCUT2D eigenvalue weighted by Crippen LogP contribution is 2.27. The third kappa shape index (κ3) is 4.65. The van der Waals surface area contributed by atoms with Gasteiger partial charge in [0.1, 0.15) is 23.7 Å². The molecule has 4 amide bonds. The van der Waals surface area contributed by atoms with Gasteiger partial charge in [0, 0.05) is 17.7 Å². The lowest BCUT2D eigenvalue weighted by Crippen LogP contribution is -2.54. The molecule has 0 aliphatic carbocycles. The third-order valence-electron chi connectivity index (χ3n) is 4.90. The number of nitro benzene ring substituents is 1. The van der Waals surface area contributed by atoms with Crippen molar-refractivity contribution >= 4 is 35.3 Å². The van der Waals surface area contributed by atoms with Crippen molar-refractivity contribution in [2.24, 2.45) is 0 Å². The van der Waals surface area contributed by atoms with Crippen molar-refractivity contribution in [1.29, 1.82) is 0 Å². The molecule has 0 unspecified atom stereocenters. The molecule has 0 spiro atoms. The Hall–Kier alpha value is -4.86. The number of nitro groups is 1. The van der Waals surface area contributed by atoms with Gasteiger partial charge >= 0.3 is 6.03 Å². The molecule has 3 aromatic carbocycles. The zero-order valence-electron chi connectivity index (χ0n) is 17.4. The first-order valence-electron chi connectivity index (χ1n) is 9.95. The summed E-state index contributed by atoms with van der Waals surface area (Å²) in [5, 5.41) is 13.1. The predicted octanol–water partition coefficient (Wildman–Crippen LogP) is 3.98. The van der Waals surface area contributed by atoms with E-state index < -0.39 is 28.6 Å². The number of barbiturate groups is 1. The number of ether oxygens (including phenoxy) is 1. The third-order valence-corrected chi connectivity index (χ3v) is 4.90. The second-order valence-electron chi connectivity index (χ2n) is 7.19. The van der Waals surface area contributed by atoms with Crippen molar-refractivity contribution in [3.8, 4) is 5.75 Å². The Balaban J connectivity index is 1.65. The molecule has 1 N–H and O–H groups in total. The fraction of sp³-hybridized carbons (Fsp3) is 0.0417. The van der Waals surface area contributed by atoms with E-state index in [2.05, 4.69) is 5.32 Å². The maximum atomic E-state index is 13.4. The number of urea groups is 1. The van der Waals surface area contributed by atoms with Crippen LogP contribution in [0.4, 0.5) is 20.6 Å². The van der Waals surface area contributed by atoms with Crippen molar-refractivity contribution in [1.82, 2.24) is 5.32 Å². The number of nitrogens with one attached hydrogen (secondary N) is 1. The van der Waals surface area contributed by atoms with E-state index >= 15 is 0 Å². The molecular formula is C24H16FN3O6. The van der Waals surface area contributed by atoms with E-state index in [9.17, 15) is 28.9 Å². The van der Waals surface area contributed by atoms with Gasteiger partial charge in [-0.05, 0) is 35.9 Å². The Labute approximate surface area is 192 Å². The smallest absolute Gasteiger partial charge is 0.335 e. The quantitative estimate of drug-likeness (QED) is 0.257. The van der Waals surface area contributed by atoms with E-state index in [0.29, 0.717) is 21.8 Å². The summed E-state index contributed by atoms with van der Waals surface area (Å²) < 4.78 is 19.2. The Bertz CT molecular complexity index is 1350. The van der Waals surface area contributed by atoms with E-state index in [1.807, 2.05) is 0 Å². The number of amides is 4. The fourth-order valence-corrected chi connectivity index (χ4v) is 3.31. The minimum atomic E-state index is -1.02. The molecule has 3 aromatic rings. The maximum absolute atomic E-state index is 13.4. The Morgan fingerprint density at radius 1 is 1.00 bits per heavy atom. The molecule has 0 atom stereocenters. The van der Waals surface area contributed by atoms with Crippen LogP contribution in [0.5, 0.6) is 5.75 Å². The molecule has 0 radical (unpaired) electrons. The first-order valence-corrected chi connectivity index (χ1v) is 9.95. The lowest BCUT2D eigenvalue weighted by atomic mass is 10.1. The number of benzene rings is 3. The van der Waals surface area contributed by atoms with Gasteiger partial charge in [0.2, 0.25) is 0 Å². The Kier molecular flexibility index (Phi) is 6.13. The van der Waals surface area contributed by atoms with Crippen LogP contribution in [0.15, 0.2) is 78.4 Å². The zero-order valence-corrected chi connectivity index (χ0v) is 17.4. The number of non-ortho nitro benzene ring substituents is 1. The molecule has 4 rings (SSSR count). The Morgan fingerprint density at radius 3 is 2.53 bits per heavy atom. The van der Waals surface area contributed by atoms with Crippen LogP contribution in [0, 0.1) is 15.9 Å². The number of para-hydroxylation sites is 1. The monoisotopic (exact) mass is 461 g/mol. The Morgan fingerprint density at radius 2 is 1.76 bits per heavy atom. The van der Waals surface area contributed by atoms with Crippen LogP contribution in [-0.2, 0) is 16.2 Å². The summed E-state index contributed by atoms with van der Waals surface area (Å²) in [6, 6.07) is 16.3. The highest BCUT2D eigenvalue weighted by Gasteiger charge is 2.37. The molecule has 1 aliphatic rings. The second kappa shape index (κ2) is 9.33. The molecule has 1 fully saturated rings. The molecule has 9 nitrogen and oxygen atoms in total. The van der Waals surface area contributed by atoms with Gasteiger partial charge in [-0.1, -0.05) is 36.4 Å². The number of anilines is 1. The number of hydrogen-bond acceptors (Lipinski definition) is 6. The number of rotatable bonds is 6. The summed E-state index contributed by atoms with van der Waals surface area (Å²) in [7, 11) is 0. The summed E-state index contributed by atoms with van der Waals surface area (Å²) in [6.07, 6.45) is 1.26. The molecule has 0 bridgehead atoms. The second-order valence-corrected chi connectivity index (χ2v) is 7.19. The molecule has 170 valence electrons. The molecule has 10 heteroatoms. The lowest BCUT2D eigenvalue weighted by molar-refractivity contribution is -0.384. The molecule has 0 saturated carbocycles. The molecule has 0 aromatic heterocycles. The van der Waals surface area contributed by atoms with Crippen molar-refractivity contribution in [3.63, 3.8) is 0 Å². The first kappa shape index (κ1) is 22.3. The normalized spacial score (nSPS) is 14.8. The summed E-state index contributed by atoms with van der Waals surface area (Å²) in [4.78, 5) is 49.0. The summed E-state index contributed by atoms with van der Waals surface area (Å²) in [5.74, 6) is -1.96. The summed E-state index contributed by atoms with van der Waals surface area (Å²) >= 11 is 0. The van der Waals surface area contributed by atoms with E-state index in [1.54, 1.807) is 36.4 Å². The van der Waals surface area contributed by atoms with Crippen molar-refractivity contribution in [2.75, 3.05) is 4.90 Å². The minimum absolute atomic E-state index is 0.0381. The van der Waals surface area contributed by atoms with Crippen LogP contribution >= 0.6 is 0 Å². The van der Waals surface area contributed by atoms with Crippen molar-refractivity contribution in [3.05, 3.63) is 105 Å². The number of halogens is 1. The molecule has 1 heterocycles. The van der Waals surface area contributed by atoms with Crippen LogP contribution in [0.3, 0.4) is 0 Å². The van der Waals surface area contributed by atoms with Crippen LogP contribution in [0.2, 0.25) is 0 Å². The summed E-state index contributed by atoms with van der Waals surface area (Å²) in [6.45, 7) is 0.0381. The number of carbonyl (C=O) groups excluding carboxylic acids is 3. The first-order chi connectivity index (χ1) is 16.3. The van der Waals surface area contributed by atoms with Crippen LogP contribution < -0.4 is 15.0 Å². The summed E-state index contributed by atoms with van der Waals surface area (Å²) in [5.41, 5.74) is 0.192. The average Bonchev–Trinajstić information content (AvgIpc) is 2.81. The van der Waals surface area contributed by atoms with Gasteiger partial charge in [-0.3, -0.25) is 25.0 Å². The average molecular weight is 461 g/mol. The zero-order chi connectivity index (χ0) is 24.2. The largest absolute Gasteiger partial charge is 0.488 e. The van der Waals surface area contributed by atoms with Gasteiger partial charge in [-0.25, -0.2) is 14.1 Å². The van der Waals surface area contributed by atoms with Crippen LogP contribution in [0.1, 0.15) is 11.1 Å². The highest BCUT2D eigenvalue weighted by molar-refractivity contribution is 6.39. The van der Waals surface area contributed by atoms with Gasteiger partial charge in [0.05, 0.1) is 10.6 Å². The van der Waals surface area contributed by atoms with E-state index in [1.165, 1.54) is 36.4 Å². The SMILES string of the molecule is O=C1NC(=O)N(c2cccc([N+](=O)[O-])c2)C(=O)/C1=C/c1ccccc1OCc1cccc(F)c1. The van der Waals surface area contributed by atoms with Gasteiger partial charge < -0.3 is 4.74 Å². The van der Waals surface area contributed by atoms with Gasteiger partial charge in [-0.2, -0.15) is 0 Å². The van der Waals surface area contributed by atoms with Crippen LogP contribution in [0.25, 0.3) is 6.08 Å². The number of imide groups is 2. The van der Waals surface area contributed by atoms with E-state index in [0.717, 1.165) is 6.07 Å². The van der Waals surface area contributed by atoms with Gasteiger partial charge in [0.15, 0.2) is 0 Å². The number of nitrogens with zero attached hydrogens (tertiary/aromatic N) is 2. The molecule has 1 aliphatic heterocycles. The minimum Gasteiger partial charge on any atom is -0.488 e. The van der Waals surface area contributed by atoms with Crippen LogP contribution in [-0.4, -0.2) is 22.8 Å². The number of hydrogen-bond donors (Lipinski definition) is 1. The maximum Gasteiger partial charge on any atom is 0.335 e. The van der Waals surface area contributed by atoms with Crippen molar-refractivity contribution in [2.45, 2.75) is 6.61 Å². The standard InChI is InChI=1S/C24H16FN3O6/c25-17-7-3-5-15(11-17)14-34-21-10-2-1-6-16(21)12-20-22(29)26-24(31)27(23(20)30)18-8-4-9-19(13-18)28(32)33/h1-13H,14H2,(H,26,29,31)/b20-12+.